The van der Waals surface area contributed by atoms with Crippen LogP contribution in [0, 0.1) is 17.2 Å². The summed E-state index contributed by atoms with van der Waals surface area (Å²) >= 11 is 0. The Morgan fingerprint density at radius 3 is 2.50 bits per heavy atom. The molecule has 0 radical (unpaired) electrons. The number of rotatable bonds is 9. The van der Waals surface area contributed by atoms with Gasteiger partial charge in [-0.1, -0.05) is 39.0 Å². The molecule has 0 aromatic heterocycles. The molecule has 218 valence electrons. The Balaban J connectivity index is 1.50. The predicted molar refractivity (Wildman–Crippen MR) is 139 cm³/mol. The van der Waals surface area contributed by atoms with Gasteiger partial charge in [-0.15, -0.1) is 0 Å². The minimum atomic E-state index is -4.71. The second-order valence-electron chi connectivity index (χ2n) is 11.6. The smallest absolute Gasteiger partial charge is 0.411 e. The molecule has 11 heteroatoms. The van der Waals surface area contributed by atoms with Gasteiger partial charge in [0.25, 0.3) is 0 Å². The van der Waals surface area contributed by atoms with E-state index in [4.69, 9.17) is 4.74 Å². The van der Waals surface area contributed by atoms with Crippen molar-refractivity contribution in [2.24, 2.45) is 11.3 Å². The molecule has 7 nitrogen and oxygen atoms in total. The van der Waals surface area contributed by atoms with E-state index in [0.717, 1.165) is 30.4 Å². The summed E-state index contributed by atoms with van der Waals surface area (Å²) in [7, 11) is 0. The highest BCUT2D eigenvalue weighted by Crippen LogP contribution is 2.48. The lowest BCUT2D eigenvalue weighted by Crippen LogP contribution is -2.50. The summed E-state index contributed by atoms with van der Waals surface area (Å²) < 4.78 is 60.0. The van der Waals surface area contributed by atoms with Crippen molar-refractivity contribution >= 4 is 17.8 Å². The van der Waals surface area contributed by atoms with Crippen LogP contribution in [-0.4, -0.2) is 65.0 Å². The molecule has 3 atom stereocenters. The molecule has 1 aromatic carbocycles. The SMILES string of the molecule is CCC(C)(C)CNC1=CC=C2C(CC[C@]23CN(CC(=O)N(Cc2ccc(F)cc2)[C@@H](C)C(F)(F)F)C(=O)O3)C1=O. The molecule has 1 aromatic rings. The molecule has 3 aliphatic rings. The van der Waals surface area contributed by atoms with Gasteiger partial charge in [-0.25, -0.2) is 9.18 Å². The van der Waals surface area contributed by atoms with Crippen LogP contribution in [-0.2, 0) is 20.9 Å². The van der Waals surface area contributed by atoms with Gasteiger partial charge in [-0.05, 0) is 60.9 Å². The van der Waals surface area contributed by atoms with Gasteiger partial charge in [0.15, 0.2) is 11.4 Å². The van der Waals surface area contributed by atoms with Crippen molar-refractivity contribution in [3.05, 3.63) is 59.1 Å². The van der Waals surface area contributed by atoms with E-state index in [2.05, 4.69) is 26.1 Å². The van der Waals surface area contributed by atoms with Crippen LogP contribution in [0.3, 0.4) is 0 Å². The van der Waals surface area contributed by atoms with Gasteiger partial charge < -0.3 is 15.0 Å². The van der Waals surface area contributed by atoms with Crippen molar-refractivity contribution in [3.8, 4) is 0 Å². The Morgan fingerprint density at radius 2 is 1.88 bits per heavy atom. The van der Waals surface area contributed by atoms with Crippen LogP contribution in [0.4, 0.5) is 22.4 Å². The minimum Gasteiger partial charge on any atom is -0.436 e. The van der Waals surface area contributed by atoms with Gasteiger partial charge in [0.05, 0.1) is 12.2 Å². The summed E-state index contributed by atoms with van der Waals surface area (Å²) in [6.45, 7) is 6.69. The molecule has 1 heterocycles. The van der Waals surface area contributed by atoms with Crippen LogP contribution in [0.25, 0.3) is 0 Å². The number of nitrogens with zero attached hydrogens (tertiary/aromatic N) is 2. The topological polar surface area (TPSA) is 79.0 Å². The number of carbonyl (C=O) groups excluding carboxylic acids is 3. The molecule has 1 N–H and O–H groups in total. The first kappa shape index (κ1) is 29.6. The van der Waals surface area contributed by atoms with Crippen LogP contribution >= 0.6 is 0 Å². The fourth-order valence-corrected chi connectivity index (χ4v) is 5.28. The zero-order valence-electron chi connectivity index (χ0n) is 23.1. The van der Waals surface area contributed by atoms with Crippen molar-refractivity contribution in [3.63, 3.8) is 0 Å². The molecular weight excluding hydrogens is 530 g/mol. The molecule has 1 spiro atoms. The maximum atomic E-state index is 13.6. The van der Waals surface area contributed by atoms with Gasteiger partial charge in [0.1, 0.15) is 18.4 Å². The Kier molecular flexibility index (Phi) is 8.06. The number of ketones is 1. The molecule has 1 aliphatic heterocycles. The zero-order chi connectivity index (χ0) is 29.5. The number of halogens is 4. The molecule has 1 saturated heterocycles. The predicted octanol–water partition coefficient (Wildman–Crippen LogP) is 5.12. The van der Waals surface area contributed by atoms with E-state index < -0.39 is 54.6 Å². The number of fused-ring (bicyclic) bond motifs is 2. The molecule has 2 amide bonds. The summed E-state index contributed by atoms with van der Waals surface area (Å²) in [6.07, 6.45) is -0.304. The van der Waals surface area contributed by atoms with Gasteiger partial charge in [-0.3, -0.25) is 14.5 Å². The highest BCUT2D eigenvalue weighted by atomic mass is 19.4. The third-order valence-corrected chi connectivity index (χ3v) is 8.31. The highest BCUT2D eigenvalue weighted by molar-refractivity contribution is 6.01. The number of allylic oxidation sites excluding steroid dienone is 3. The number of alkyl halides is 3. The van der Waals surface area contributed by atoms with E-state index in [-0.39, 0.29) is 17.7 Å². The number of ether oxygens (including phenoxy) is 1. The number of amides is 2. The molecule has 4 rings (SSSR count). The second-order valence-corrected chi connectivity index (χ2v) is 11.6. The van der Waals surface area contributed by atoms with Gasteiger partial charge in [0, 0.05) is 19.0 Å². The number of carbonyl (C=O) groups is 3. The molecule has 1 saturated carbocycles. The normalized spacial score (nSPS) is 23.5. The van der Waals surface area contributed by atoms with Crippen LogP contribution < -0.4 is 5.32 Å². The number of Topliss-reactive ketones (excluding diaryl/α,β-unsaturated/α-hetero) is 1. The molecular formula is C29H35F4N3O4. The average molecular weight is 566 g/mol. The Hall–Kier alpha value is -3.37. The number of hydrogen-bond acceptors (Lipinski definition) is 5. The third-order valence-electron chi connectivity index (χ3n) is 8.31. The fourth-order valence-electron chi connectivity index (χ4n) is 5.28. The summed E-state index contributed by atoms with van der Waals surface area (Å²) in [6, 6.07) is 2.69. The van der Waals surface area contributed by atoms with E-state index >= 15 is 0 Å². The van der Waals surface area contributed by atoms with Crippen molar-refractivity contribution in [1.29, 1.82) is 0 Å². The first-order valence-electron chi connectivity index (χ1n) is 13.4. The molecule has 2 aliphatic carbocycles. The van der Waals surface area contributed by atoms with Crippen molar-refractivity contribution in [1.82, 2.24) is 15.1 Å². The van der Waals surface area contributed by atoms with Crippen molar-refractivity contribution in [2.75, 3.05) is 19.6 Å². The van der Waals surface area contributed by atoms with Crippen LogP contribution in [0.15, 0.2) is 47.7 Å². The zero-order valence-corrected chi connectivity index (χ0v) is 23.1. The maximum absolute atomic E-state index is 13.6. The molecule has 2 fully saturated rings. The minimum absolute atomic E-state index is 0.00419. The van der Waals surface area contributed by atoms with Crippen molar-refractivity contribution in [2.45, 2.75) is 71.3 Å². The Bertz CT molecular complexity index is 1220. The van der Waals surface area contributed by atoms with E-state index in [1.807, 2.05) is 0 Å². The summed E-state index contributed by atoms with van der Waals surface area (Å²) in [5.41, 5.74) is 0.355. The Morgan fingerprint density at radius 1 is 1.20 bits per heavy atom. The first-order chi connectivity index (χ1) is 18.7. The number of hydrogen-bond donors (Lipinski definition) is 1. The lowest BCUT2D eigenvalue weighted by Gasteiger charge is -2.32. The number of benzene rings is 1. The lowest BCUT2D eigenvalue weighted by molar-refractivity contribution is -0.187. The van der Waals surface area contributed by atoms with E-state index in [1.54, 1.807) is 12.2 Å². The van der Waals surface area contributed by atoms with Crippen LogP contribution in [0.5, 0.6) is 0 Å². The lowest BCUT2D eigenvalue weighted by atomic mass is 9.85. The highest BCUT2D eigenvalue weighted by Gasteiger charge is 2.56. The first-order valence-corrected chi connectivity index (χ1v) is 13.4. The van der Waals surface area contributed by atoms with Crippen LogP contribution in [0.2, 0.25) is 0 Å². The fraction of sp³-hybridized carbons (Fsp3) is 0.552. The van der Waals surface area contributed by atoms with Gasteiger partial charge >= 0.3 is 12.3 Å². The van der Waals surface area contributed by atoms with Crippen LogP contribution in [0.1, 0.15) is 52.5 Å². The average Bonchev–Trinajstić information content (AvgIpc) is 3.41. The standard InChI is InChI=1S/C29H35F4N3O4/c1-5-27(3,4)16-34-23-11-10-22-21(25(23)38)12-13-28(22)17-35(26(39)40-28)15-24(37)36(18(2)29(31,32)33)14-19-6-8-20(30)9-7-19/h6-11,18,21,34H,5,12-17H2,1-4H3/t18-,21?,28-/m0/s1. The Labute approximate surface area is 231 Å². The molecule has 0 bridgehead atoms. The van der Waals surface area contributed by atoms with E-state index in [1.165, 1.54) is 12.1 Å². The molecule has 40 heavy (non-hydrogen) atoms. The van der Waals surface area contributed by atoms with Gasteiger partial charge in [0.2, 0.25) is 5.91 Å². The van der Waals surface area contributed by atoms with Crippen molar-refractivity contribution < 1.29 is 36.7 Å². The molecule has 1 unspecified atom stereocenters. The maximum Gasteiger partial charge on any atom is 0.411 e. The summed E-state index contributed by atoms with van der Waals surface area (Å²) in [5.74, 6) is -2.03. The third kappa shape index (κ3) is 6.02. The summed E-state index contributed by atoms with van der Waals surface area (Å²) in [4.78, 5) is 41.0. The second kappa shape index (κ2) is 10.9. The monoisotopic (exact) mass is 565 g/mol. The number of nitrogens with one attached hydrogen (secondary N) is 1. The largest absolute Gasteiger partial charge is 0.436 e. The van der Waals surface area contributed by atoms with Gasteiger partial charge in [-0.2, -0.15) is 13.2 Å². The summed E-state index contributed by atoms with van der Waals surface area (Å²) in [5, 5.41) is 3.24. The van der Waals surface area contributed by atoms with E-state index in [0.29, 0.717) is 41.1 Å². The quantitative estimate of drug-likeness (QED) is 0.421. The van der Waals surface area contributed by atoms with E-state index in [9.17, 15) is 31.9 Å².